The van der Waals surface area contributed by atoms with Gasteiger partial charge in [-0.05, 0) is 73.2 Å². The fraction of sp³-hybridized carbons (Fsp3) is 0.240. The van der Waals surface area contributed by atoms with Crippen LogP contribution in [0.3, 0.4) is 0 Å². The number of nitrogens with one attached hydrogen (secondary N) is 1. The van der Waals surface area contributed by atoms with Crippen LogP contribution in [0, 0.1) is 0 Å². The van der Waals surface area contributed by atoms with E-state index in [0.717, 1.165) is 11.3 Å². The largest absolute Gasteiger partial charge is 0.494 e. The van der Waals surface area contributed by atoms with E-state index in [1.165, 1.54) is 21.3 Å². The maximum absolute atomic E-state index is 12.5. The second kappa shape index (κ2) is 10.9. The molecule has 0 fully saturated rings. The summed E-state index contributed by atoms with van der Waals surface area (Å²) in [5.74, 6) is 3.49. The molecule has 168 valence electrons. The molecule has 32 heavy (non-hydrogen) atoms. The minimum Gasteiger partial charge on any atom is -0.494 e. The van der Waals surface area contributed by atoms with Crippen LogP contribution < -0.4 is 29.0 Å². The van der Waals surface area contributed by atoms with Gasteiger partial charge in [0.1, 0.15) is 17.2 Å². The Labute approximate surface area is 187 Å². The zero-order valence-electron chi connectivity index (χ0n) is 18.6. The molecule has 0 atom stereocenters. The van der Waals surface area contributed by atoms with Crippen molar-refractivity contribution in [2.24, 2.45) is 0 Å². The third kappa shape index (κ3) is 5.85. The minimum absolute atomic E-state index is 0.154. The fourth-order valence-electron chi connectivity index (χ4n) is 3.14. The number of hydrogen-bond acceptors (Lipinski definition) is 6. The van der Waals surface area contributed by atoms with Gasteiger partial charge in [0.2, 0.25) is 11.7 Å². The molecule has 0 aliphatic carbocycles. The van der Waals surface area contributed by atoms with Crippen molar-refractivity contribution in [2.45, 2.75) is 13.3 Å². The van der Waals surface area contributed by atoms with Crippen LogP contribution in [-0.4, -0.2) is 33.8 Å². The van der Waals surface area contributed by atoms with Gasteiger partial charge in [-0.2, -0.15) is 0 Å². The molecule has 7 nitrogen and oxygen atoms in total. The van der Waals surface area contributed by atoms with Crippen LogP contribution in [0.25, 0.3) is 0 Å². The van der Waals surface area contributed by atoms with Gasteiger partial charge in [-0.25, -0.2) is 0 Å². The molecule has 3 aromatic rings. The topological polar surface area (TPSA) is 75.3 Å². The van der Waals surface area contributed by atoms with Gasteiger partial charge >= 0.3 is 0 Å². The lowest BCUT2D eigenvalue weighted by atomic mass is 10.1. The number of ether oxygens (including phenoxy) is 5. The first-order valence-corrected chi connectivity index (χ1v) is 10.2. The van der Waals surface area contributed by atoms with E-state index in [-0.39, 0.29) is 12.3 Å². The van der Waals surface area contributed by atoms with E-state index in [1.54, 1.807) is 36.4 Å². The van der Waals surface area contributed by atoms with E-state index < -0.39 is 0 Å². The van der Waals surface area contributed by atoms with E-state index in [4.69, 9.17) is 23.7 Å². The number of carbonyl (C=O) groups is 1. The third-order valence-corrected chi connectivity index (χ3v) is 4.60. The molecule has 0 bridgehead atoms. The molecule has 1 N–H and O–H groups in total. The lowest BCUT2D eigenvalue weighted by molar-refractivity contribution is -0.115. The van der Waals surface area contributed by atoms with Gasteiger partial charge < -0.3 is 29.0 Å². The lowest BCUT2D eigenvalue weighted by Crippen LogP contribution is -2.14. The van der Waals surface area contributed by atoms with Gasteiger partial charge in [-0.15, -0.1) is 0 Å². The molecule has 0 radical (unpaired) electrons. The molecule has 0 aliphatic heterocycles. The van der Waals surface area contributed by atoms with Crippen LogP contribution >= 0.6 is 0 Å². The summed E-state index contributed by atoms with van der Waals surface area (Å²) in [5.41, 5.74) is 1.41. The lowest BCUT2D eigenvalue weighted by Gasteiger charge is -2.14. The molecule has 3 rings (SSSR count). The highest BCUT2D eigenvalue weighted by molar-refractivity contribution is 5.92. The average Bonchev–Trinajstić information content (AvgIpc) is 2.81. The summed E-state index contributed by atoms with van der Waals surface area (Å²) in [5, 5.41) is 2.88. The van der Waals surface area contributed by atoms with Crippen molar-refractivity contribution in [1.29, 1.82) is 0 Å². The molecule has 0 saturated heterocycles. The van der Waals surface area contributed by atoms with Crippen molar-refractivity contribution >= 4 is 11.6 Å². The smallest absolute Gasteiger partial charge is 0.228 e. The van der Waals surface area contributed by atoms with E-state index >= 15 is 0 Å². The monoisotopic (exact) mass is 437 g/mol. The highest BCUT2D eigenvalue weighted by Gasteiger charge is 2.15. The minimum atomic E-state index is -0.167. The zero-order valence-corrected chi connectivity index (χ0v) is 18.6. The molecule has 0 spiro atoms. The molecular weight excluding hydrogens is 410 g/mol. The average molecular weight is 437 g/mol. The molecule has 0 unspecified atom stereocenters. The normalized spacial score (nSPS) is 10.2. The summed E-state index contributed by atoms with van der Waals surface area (Å²) in [7, 11) is 4.62. The zero-order chi connectivity index (χ0) is 22.9. The van der Waals surface area contributed by atoms with Crippen LogP contribution in [0.1, 0.15) is 12.5 Å². The van der Waals surface area contributed by atoms with Crippen molar-refractivity contribution in [3.05, 3.63) is 66.2 Å². The molecule has 0 aromatic heterocycles. The number of methoxy groups -OCH3 is 3. The van der Waals surface area contributed by atoms with Crippen LogP contribution in [0.15, 0.2) is 60.7 Å². The second-order valence-corrected chi connectivity index (χ2v) is 6.79. The first-order chi connectivity index (χ1) is 15.6. The Morgan fingerprint density at radius 3 is 1.81 bits per heavy atom. The predicted molar refractivity (Wildman–Crippen MR) is 123 cm³/mol. The molecule has 7 heteroatoms. The first kappa shape index (κ1) is 22.8. The Bertz CT molecular complexity index is 1010. The Balaban J connectivity index is 1.61. The summed E-state index contributed by atoms with van der Waals surface area (Å²) in [6, 6.07) is 18.1. The SMILES string of the molecule is CCOc1ccc(Oc2ccc(NC(=O)Cc3cc(OC)c(OC)c(OC)c3)cc2)cc1. The Morgan fingerprint density at radius 1 is 0.781 bits per heavy atom. The van der Waals surface area contributed by atoms with Gasteiger partial charge in [-0.3, -0.25) is 4.79 Å². The van der Waals surface area contributed by atoms with E-state index in [1.807, 2.05) is 31.2 Å². The maximum Gasteiger partial charge on any atom is 0.228 e. The first-order valence-electron chi connectivity index (χ1n) is 10.2. The molecule has 1 amide bonds. The molecule has 0 saturated carbocycles. The predicted octanol–water partition coefficient (Wildman–Crippen LogP) is 5.08. The second-order valence-electron chi connectivity index (χ2n) is 6.79. The molecule has 0 aliphatic rings. The number of anilines is 1. The maximum atomic E-state index is 12.5. The van der Waals surface area contributed by atoms with Crippen LogP contribution in [-0.2, 0) is 11.2 Å². The number of rotatable bonds is 10. The quantitative estimate of drug-likeness (QED) is 0.477. The fourth-order valence-corrected chi connectivity index (χ4v) is 3.14. The highest BCUT2D eigenvalue weighted by Crippen LogP contribution is 2.38. The van der Waals surface area contributed by atoms with Gasteiger partial charge in [0.25, 0.3) is 0 Å². The molecule has 0 heterocycles. The highest BCUT2D eigenvalue weighted by atomic mass is 16.5. The third-order valence-electron chi connectivity index (χ3n) is 4.60. The number of carbonyl (C=O) groups excluding carboxylic acids is 1. The van der Waals surface area contributed by atoms with Crippen molar-refractivity contribution in [3.8, 4) is 34.5 Å². The van der Waals surface area contributed by atoms with Crippen LogP contribution in [0.2, 0.25) is 0 Å². The summed E-state index contributed by atoms with van der Waals surface area (Å²) < 4.78 is 27.3. The van der Waals surface area contributed by atoms with Crippen LogP contribution in [0.4, 0.5) is 5.69 Å². The van der Waals surface area contributed by atoms with Crippen molar-refractivity contribution in [1.82, 2.24) is 0 Å². The summed E-state index contributed by atoms with van der Waals surface area (Å²) in [6.07, 6.45) is 0.154. The Kier molecular flexibility index (Phi) is 7.80. The van der Waals surface area contributed by atoms with Gasteiger partial charge in [0.15, 0.2) is 11.5 Å². The van der Waals surface area contributed by atoms with Crippen LogP contribution in [0.5, 0.6) is 34.5 Å². The van der Waals surface area contributed by atoms with Crippen molar-refractivity contribution in [3.63, 3.8) is 0 Å². The van der Waals surface area contributed by atoms with E-state index in [0.29, 0.717) is 41.0 Å². The van der Waals surface area contributed by atoms with Gasteiger partial charge in [0, 0.05) is 5.69 Å². The van der Waals surface area contributed by atoms with Gasteiger partial charge in [-0.1, -0.05) is 0 Å². The Morgan fingerprint density at radius 2 is 1.31 bits per heavy atom. The molecular formula is C25H27NO6. The van der Waals surface area contributed by atoms with Crippen molar-refractivity contribution in [2.75, 3.05) is 33.3 Å². The standard InChI is InChI=1S/C25H27NO6/c1-5-31-19-10-12-21(13-11-19)32-20-8-6-18(7-9-20)26-24(27)16-17-14-22(28-2)25(30-4)23(15-17)29-3/h6-15H,5,16H2,1-4H3,(H,26,27). The van der Waals surface area contributed by atoms with Crippen molar-refractivity contribution < 1.29 is 28.5 Å². The Hall–Kier alpha value is -3.87. The summed E-state index contributed by atoms with van der Waals surface area (Å²) >= 11 is 0. The summed E-state index contributed by atoms with van der Waals surface area (Å²) in [4.78, 5) is 12.5. The number of hydrogen-bond donors (Lipinski definition) is 1. The molecule has 3 aromatic carbocycles. The van der Waals surface area contributed by atoms with Gasteiger partial charge in [0.05, 0.1) is 34.4 Å². The number of benzene rings is 3. The van der Waals surface area contributed by atoms with E-state index in [9.17, 15) is 4.79 Å². The number of amides is 1. The summed E-state index contributed by atoms with van der Waals surface area (Å²) in [6.45, 7) is 2.56. The van der Waals surface area contributed by atoms with E-state index in [2.05, 4.69) is 5.32 Å².